The van der Waals surface area contributed by atoms with Crippen molar-refractivity contribution in [3.05, 3.63) is 93.2 Å². The van der Waals surface area contributed by atoms with Crippen molar-refractivity contribution in [2.45, 2.75) is 24.4 Å². The molecule has 2 amide bonds. The zero-order valence-electron chi connectivity index (χ0n) is 19.3. The van der Waals surface area contributed by atoms with Gasteiger partial charge < -0.3 is 10.6 Å². The first-order chi connectivity index (χ1) is 17.8. The monoisotopic (exact) mass is 522 g/mol. The van der Waals surface area contributed by atoms with Crippen LogP contribution in [0.1, 0.15) is 43.7 Å². The van der Waals surface area contributed by atoms with Crippen LogP contribution in [-0.2, 0) is 17.3 Å². The Hall–Kier alpha value is -4.59. The first-order valence-corrected chi connectivity index (χ1v) is 12.3. The first-order valence-electron chi connectivity index (χ1n) is 11.0. The lowest BCUT2D eigenvalue weighted by Gasteiger charge is -2.13. The number of H-pyrrole nitrogens is 1. The number of amides is 2. The van der Waals surface area contributed by atoms with Gasteiger partial charge in [-0.2, -0.15) is 4.68 Å². The molecule has 2 aromatic carbocycles. The molecule has 1 aliphatic rings. The fourth-order valence-electron chi connectivity index (χ4n) is 3.88. The minimum Gasteiger partial charge on any atom is -0.347 e. The SMILES string of the molecule is Cc1cc(CNC(=O)c2cc(C(=O)NC3CS(=O)c4cc(-n5nn[nH]c5=O)ccc43)ncn2)ccc1F. The maximum absolute atomic E-state index is 13.4. The third-order valence-electron chi connectivity index (χ3n) is 5.77. The molecule has 2 aromatic heterocycles. The molecule has 37 heavy (non-hydrogen) atoms. The molecule has 4 aromatic rings. The number of halogens is 1. The molecule has 2 atom stereocenters. The van der Waals surface area contributed by atoms with Crippen LogP contribution in [0.15, 0.2) is 58.5 Å². The number of hydrogen-bond donors (Lipinski definition) is 3. The summed E-state index contributed by atoms with van der Waals surface area (Å²) in [6.07, 6.45) is 1.11. The second-order valence-corrected chi connectivity index (χ2v) is 9.70. The van der Waals surface area contributed by atoms with Gasteiger partial charge in [-0.3, -0.25) is 13.8 Å². The molecule has 0 aliphatic carbocycles. The second-order valence-electron chi connectivity index (χ2n) is 8.23. The fourth-order valence-corrected chi connectivity index (χ4v) is 5.35. The number of fused-ring (bicyclic) bond motifs is 1. The second kappa shape index (κ2) is 9.81. The Morgan fingerprint density at radius 1 is 1.14 bits per heavy atom. The van der Waals surface area contributed by atoms with Crippen LogP contribution < -0.4 is 16.3 Å². The van der Waals surface area contributed by atoms with Gasteiger partial charge in [0, 0.05) is 17.5 Å². The Bertz CT molecular complexity index is 1620. The summed E-state index contributed by atoms with van der Waals surface area (Å²) in [4.78, 5) is 45.6. The highest BCUT2D eigenvalue weighted by Crippen LogP contribution is 2.32. The van der Waals surface area contributed by atoms with Crippen LogP contribution in [-0.4, -0.2) is 52.0 Å². The lowest BCUT2D eigenvalue weighted by Crippen LogP contribution is -2.30. The van der Waals surface area contributed by atoms with Crippen LogP contribution in [0.25, 0.3) is 5.69 Å². The smallest absolute Gasteiger partial charge is 0.347 e. The third-order valence-corrected chi connectivity index (χ3v) is 7.25. The van der Waals surface area contributed by atoms with E-state index in [4.69, 9.17) is 0 Å². The van der Waals surface area contributed by atoms with E-state index in [9.17, 15) is 23.0 Å². The van der Waals surface area contributed by atoms with E-state index < -0.39 is 34.3 Å². The van der Waals surface area contributed by atoms with Crippen molar-refractivity contribution in [2.75, 3.05) is 5.75 Å². The topological polar surface area (TPSA) is 165 Å². The number of nitrogens with zero attached hydrogens (tertiary/aromatic N) is 5. The molecule has 14 heteroatoms. The van der Waals surface area contributed by atoms with Gasteiger partial charge in [-0.05, 0) is 52.2 Å². The predicted molar refractivity (Wildman–Crippen MR) is 128 cm³/mol. The molecular weight excluding hydrogens is 503 g/mol. The van der Waals surface area contributed by atoms with Gasteiger partial charge in [0.05, 0.1) is 28.3 Å². The van der Waals surface area contributed by atoms with Gasteiger partial charge in [0.2, 0.25) is 0 Å². The summed E-state index contributed by atoms with van der Waals surface area (Å²) in [5, 5.41) is 14.8. The number of carbonyl (C=O) groups excluding carboxylic acids is 2. The van der Waals surface area contributed by atoms with Crippen LogP contribution in [0.3, 0.4) is 0 Å². The average molecular weight is 523 g/mol. The number of aryl methyl sites for hydroxylation is 1. The largest absolute Gasteiger partial charge is 0.365 e. The van der Waals surface area contributed by atoms with E-state index in [1.807, 2.05) is 0 Å². The number of carbonyl (C=O) groups is 2. The number of aromatic nitrogens is 6. The van der Waals surface area contributed by atoms with Crippen molar-refractivity contribution < 1.29 is 18.2 Å². The lowest BCUT2D eigenvalue weighted by atomic mass is 10.1. The number of tetrazole rings is 1. The molecule has 0 saturated carbocycles. The fraction of sp³-hybridized carbons (Fsp3) is 0.174. The summed E-state index contributed by atoms with van der Waals surface area (Å²) in [6, 6.07) is 10.1. The summed E-state index contributed by atoms with van der Waals surface area (Å²) in [6.45, 7) is 1.78. The van der Waals surface area contributed by atoms with Crippen LogP contribution in [0, 0.1) is 12.7 Å². The molecule has 0 spiro atoms. The molecule has 2 unspecified atom stereocenters. The molecule has 1 aliphatic heterocycles. The molecular formula is C23H19FN8O4S. The maximum Gasteiger partial charge on any atom is 0.365 e. The van der Waals surface area contributed by atoms with Crippen LogP contribution in [0.5, 0.6) is 0 Å². The van der Waals surface area contributed by atoms with Crippen molar-refractivity contribution in [3.63, 3.8) is 0 Å². The van der Waals surface area contributed by atoms with Crippen molar-refractivity contribution in [2.24, 2.45) is 0 Å². The molecule has 5 rings (SSSR count). The van der Waals surface area contributed by atoms with Gasteiger partial charge >= 0.3 is 5.69 Å². The van der Waals surface area contributed by atoms with Crippen LogP contribution in [0.2, 0.25) is 0 Å². The Kier molecular flexibility index (Phi) is 6.40. The minimum absolute atomic E-state index is 0.0166. The molecule has 188 valence electrons. The Morgan fingerprint density at radius 2 is 1.92 bits per heavy atom. The highest BCUT2D eigenvalue weighted by atomic mass is 32.2. The van der Waals surface area contributed by atoms with E-state index in [0.717, 1.165) is 11.0 Å². The lowest BCUT2D eigenvalue weighted by molar-refractivity contribution is 0.0935. The molecule has 0 saturated heterocycles. The van der Waals surface area contributed by atoms with Crippen molar-refractivity contribution in [1.82, 2.24) is 40.8 Å². The summed E-state index contributed by atoms with van der Waals surface area (Å²) < 4.78 is 27.2. The molecule has 0 bridgehead atoms. The number of rotatable bonds is 6. The van der Waals surface area contributed by atoms with Gasteiger partial charge in [0.25, 0.3) is 11.8 Å². The van der Waals surface area contributed by atoms with E-state index in [0.29, 0.717) is 27.3 Å². The molecule has 0 fully saturated rings. The Balaban J connectivity index is 1.28. The summed E-state index contributed by atoms with van der Waals surface area (Å²) in [5.74, 6) is -1.30. The standard InChI is InChI=1S/C23H19FN8O4S/c1-12-6-13(2-5-16(12)24)9-25-21(33)17-8-18(27-11-26-17)22(34)28-19-10-37(36)20-7-14(3-4-15(19)20)32-23(35)29-30-31-32/h2-8,11,19H,9-10H2,1H3,(H,25,33)(H,28,34)(H,29,31,35). The van der Waals surface area contributed by atoms with Gasteiger partial charge in [-0.15, -0.1) is 0 Å². The van der Waals surface area contributed by atoms with Crippen molar-refractivity contribution in [1.29, 1.82) is 0 Å². The highest BCUT2D eigenvalue weighted by molar-refractivity contribution is 7.85. The highest BCUT2D eigenvalue weighted by Gasteiger charge is 2.31. The predicted octanol–water partition coefficient (Wildman–Crippen LogP) is 0.715. The minimum atomic E-state index is -1.42. The Labute approximate surface area is 210 Å². The molecule has 3 heterocycles. The van der Waals surface area contributed by atoms with Crippen LogP contribution >= 0.6 is 0 Å². The molecule has 12 nitrogen and oxygen atoms in total. The van der Waals surface area contributed by atoms with Gasteiger partial charge in [-0.1, -0.05) is 18.2 Å². The quantitative estimate of drug-likeness (QED) is 0.333. The average Bonchev–Trinajstić information content (AvgIpc) is 3.46. The van der Waals surface area contributed by atoms with E-state index in [-0.39, 0.29) is 29.5 Å². The Morgan fingerprint density at radius 3 is 2.65 bits per heavy atom. The van der Waals surface area contributed by atoms with Gasteiger partial charge in [0.15, 0.2) is 0 Å². The van der Waals surface area contributed by atoms with Gasteiger partial charge in [0.1, 0.15) is 23.5 Å². The first kappa shape index (κ1) is 24.1. The normalized spacial score (nSPS) is 16.3. The summed E-state index contributed by atoms with van der Waals surface area (Å²) >= 11 is 0. The van der Waals surface area contributed by atoms with E-state index in [2.05, 4.69) is 36.1 Å². The van der Waals surface area contributed by atoms with Crippen molar-refractivity contribution >= 4 is 22.6 Å². The summed E-state index contributed by atoms with van der Waals surface area (Å²) in [5.41, 5.74) is 1.60. The number of aromatic amines is 1. The number of nitrogens with one attached hydrogen (secondary N) is 3. The van der Waals surface area contributed by atoms with E-state index in [1.54, 1.807) is 37.3 Å². The zero-order valence-corrected chi connectivity index (χ0v) is 20.1. The molecule has 0 radical (unpaired) electrons. The zero-order chi connectivity index (χ0) is 26.1. The van der Waals surface area contributed by atoms with E-state index in [1.165, 1.54) is 12.1 Å². The third kappa shape index (κ3) is 4.91. The maximum atomic E-state index is 13.4. The number of benzene rings is 2. The van der Waals surface area contributed by atoms with Crippen LogP contribution in [0.4, 0.5) is 4.39 Å². The number of hydrogen-bond acceptors (Lipinski definition) is 8. The summed E-state index contributed by atoms with van der Waals surface area (Å²) in [7, 11) is -1.42. The van der Waals surface area contributed by atoms with Gasteiger partial charge in [-0.25, -0.2) is 24.3 Å². The van der Waals surface area contributed by atoms with E-state index >= 15 is 0 Å². The molecule has 3 N–H and O–H groups in total. The van der Waals surface area contributed by atoms with Crippen molar-refractivity contribution in [3.8, 4) is 5.69 Å².